The summed E-state index contributed by atoms with van der Waals surface area (Å²) in [6.07, 6.45) is 0.925. The van der Waals surface area contributed by atoms with Crippen molar-refractivity contribution >= 4 is 52.1 Å². The molecule has 0 aromatic heterocycles. The quantitative estimate of drug-likeness (QED) is 0.721. The number of carbonyl (C=O) groups is 1. The van der Waals surface area contributed by atoms with E-state index in [0.717, 1.165) is 12.2 Å². The van der Waals surface area contributed by atoms with Crippen LogP contribution in [-0.2, 0) is 0 Å². The van der Waals surface area contributed by atoms with E-state index in [1.807, 2.05) is 6.92 Å². The molecule has 2 N–H and O–H groups in total. The Morgan fingerprint density at radius 1 is 1.17 bits per heavy atom. The molecule has 2 aromatic carbocycles. The molecule has 0 heterocycles. The number of hydrogen-bond acceptors (Lipinski definition) is 3. The second kappa shape index (κ2) is 8.87. The molecule has 0 unspecified atom stereocenters. The van der Waals surface area contributed by atoms with Crippen molar-refractivity contribution in [2.24, 2.45) is 0 Å². The third kappa shape index (κ3) is 5.37. The van der Waals surface area contributed by atoms with Crippen LogP contribution in [0.4, 0.5) is 5.69 Å². The van der Waals surface area contributed by atoms with Gasteiger partial charge in [0.15, 0.2) is 5.11 Å². The van der Waals surface area contributed by atoms with E-state index in [-0.39, 0.29) is 11.0 Å². The largest absolute Gasteiger partial charge is 0.494 e. The predicted molar refractivity (Wildman–Crippen MR) is 102 cm³/mol. The summed E-state index contributed by atoms with van der Waals surface area (Å²) in [5.41, 5.74) is 0.998. The normalized spacial score (nSPS) is 10.1. The first-order valence-electron chi connectivity index (χ1n) is 7.30. The number of hydrogen-bond donors (Lipinski definition) is 2. The summed E-state index contributed by atoms with van der Waals surface area (Å²) in [6, 6.07) is 11.8. The molecule has 7 heteroatoms. The van der Waals surface area contributed by atoms with Gasteiger partial charge in [-0.25, -0.2) is 0 Å². The van der Waals surface area contributed by atoms with Crippen LogP contribution < -0.4 is 15.4 Å². The van der Waals surface area contributed by atoms with Crippen molar-refractivity contribution in [3.63, 3.8) is 0 Å². The monoisotopic (exact) mass is 382 g/mol. The van der Waals surface area contributed by atoms with Gasteiger partial charge in [0, 0.05) is 10.6 Å². The second-order valence-electron chi connectivity index (χ2n) is 4.91. The van der Waals surface area contributed by atoms with Gasteiger partial charge in [-0.1, -0.05) is 30.1 Å². The molecule has 0 saturated carbocycles. The first kappa shape index (κ1) is 18.5. The highest BCUT2D eigenvalue weighted by molar-refractivity contribution is 7.80. The van der Waals surface area contributed by atoms with Crippen LogP contribution in [0.3, 0.4) is 0 Å². The molecule has 24 heavy (non-hydrogen) atoms. The molecule has 1 amide bonds. The summed E-state index contributed by atoms with van der Waals surface area (Å²) in [5.74, 6) is 0.396. The molecular weight excluding hydrogens is 367 g/mol. The lowest BCUT2D eigenvalue weighted by Crippen LogP contribution is -2.34. The Balaban J connectivity index is 1.96. The molecule has 0 atom stereocenters. The maximum absolute atomic E-state index is 12.2. The maximum atomic E-state index is 12.2. The maximum Gasteiger partial charge on any atom is 0.257 e. The van der Waals surface area contributed by atoms with Gasteiger partial charge in [0.1, 0.15) is 5.75 Å². The number of benzene rings is 2. The van der Waals surface area contributed by atoms with Crippen molar-refractivity contribution in [1.82, 2.24) is 5.32 Å². The van der Waals surface area contributed by atoms with Gasteiger partial charge < -0.3 is 10.1 Å². The molecule has 0 aliphatic heterocycles. The molecule has 0 aliphatic carbocycles. The number of thiocarbonyl (C=S) groups is 1. The highest BCUT2D eigenvalue weighted by Crippen LogP contribution is 2.25. The molecule has 0 bridgehead atoms. The summed E-state index contributed by atoms with van der Waals surface area (Å²) in [7, 11) is 0. The van der Waals surface area contributed by atoms with Crippen LogP contribution in [0.1, 0.15) is 23.7 Å². The molecule has 0 radical (unpaired) electrons. The Kier molecular flexibility index (Phi) is 6.85. The summed E-state index contributed by atoms with van der Waals surface area (Å²) >= 11 is 17.1. The standard InChI is InChI=1S/C17H16Cl2N2O2S/c1-2-9-23-13-6-3-11(4-7-13)16(22)21-17(24)20-15-10-12(18)5-8-14(15)19/h3-8,10H,2,9H2,1H3,(H2,20,21,22,24). The van der Waals surface area contributed by atoms with Gasteiger partial charge in [-0.3, -0.25) is 10.1 Å². The van der Waals surface area contributed by atoms with E-state index < -0.39 is 0 Å². The minimum atomic E-state index is -0.326. The van der Waals surface area contributed by atoms with Gasteiger partial charge in [0.2, 0.25) is 0 Å². The Labute approximate surface area is 156 Å². The van der Waals surface area contributed by atoms with Gasteiger partial charge in [-0.2, -0.15) is 0 Å². The van der Waals surface area contributed by atoms with Gasteiger partial charge >= 0.3 is 0 Å². The molecule has 126 valence electrons. The summed E-state index contributed by atoms with van der Waals surface area (Å²) in [6.45, 7) is 2.67. The lowest BCUT2D eigenvalue weighted by molar-refractivity contribution is 0.0977. The minimum absolute atomic E-state index is 0.135. The fourth-order valence-corrected chi connectivity index (χ4v) is 2.38. The molecule has 4 nitrogen and oxygen atoms in total. The van der Waals surface area contributed by atoms with Gasteiger partial charge in [-0.05, 0) is 61.1 Å². The topological polar surface area (TPSA) is 50.4 Å². The Bertz CT molecular complexity index is 736. The fourth-order valence-electron chi connectivity index (χ4n) is 1.84. The number of rotatable bonds is 5. The molecule has 0 fully saturated rings. The summed E-state index contributed by atoms with van der Waals surface area (Å²) < 4.78 is 5.48. The smallest absolute Gasteiger partial charge is 0.257 e. The number of nitrogens with one attached hydrogen (secondary N) is 2. The van der Waals surface area contributed by atoms with E-state index in [9.17, 15) is 4.79 Å². The van der Waals surface area contributed by atoms with Crippen LogP contribution in [0.2, 0.25) is 10.0 Å². The molecular formula is C17H16Cl2N2O2S. The van der Waals surface area contributed by atoms with E-state index in [4.69, 9.17) is 40.2 Å². The number of anilines is 1. The fraction of sp³-hybridized carbons (Fsp3) is 0.176. The van der Waals surface area contributed by atoms with Crippen molar-refractivity contribution in [1.29, 1.82) is 0 Å². The van der Waals surface area contributed by atoms with Gasteiger partial charge in [0.25, 0.3) is 5.91 Å². The van der Waals surface area contributed by atoms with E-state index >= 15 is 0 Å². The van der Waals surface area contributed by atoms with Crippen LogP contribution >= 0.6 is 35.4 Å². The van der Waals surface area contributed by atoms with Crippen LogP contribution in [0, 0.1) is 0 Å². The molecule has 0 spiro atoms. The Morgan fingerprint density at radius 2 is 1.88 bits per heavy atom. The van der Waals surface area contributed by atoms with Crippen molar-refractivity contribution in [3.05, 3.63) is 58.1 Å². The molecule has 0 aliphatic rings. The van der Waals surface area contributed by atoms with E-state index in [0.29, 0.717) is 27.9 Å². The van der Waals surface area contributed by atoms with Crippen molar-refractivity contribution in [2.45, 2.75) is 13.3 Å². The van der Waals surface area contributed by atoms with Crippen molar-refractivity contribution in [2.75, 3.05) is 11.9 Å². The van der Waals surface area contributed by atoms with E-state index in [1.165, 1.54) is 0 Å². The first-order chi connectivity index (χ1) is 11.5. The number of amides is 1. The first-order valence-corrected chi connectivity index (χ1v) is 8.46. The van der Waals surface area contributed by atoms with Crippen LogP contribution in [0.15, 0.2) is 42.5 Å². The third-order valence-corrected chi connectivity index (χ3v) is 3.76. The second-order valence-corrected chi connectivity index (χ2v) is 6.16. The lowest BCUT2D eigenvalue weighted by Gasteiger charge is -2.11. The zero-order chi connectivity index (χ0) is 17.5. The SMILES string of the molecule is CCCOc1ccc(C(=O)NC(=S)Nc2cc(Cl)ccc2Cl)cc1. The zero-order valence-electron chi connectivity index (χ0n) is 12.9. The number of halogens is 2. The minimum Gasteiger partial charge on any atom is -0.494 e. The molecule has 2 aromatic rings. The number of carbonyl (C=O) groups excluding carboxylic acids is 1. The highest BCUT2D eigenvalue weighted by atomic mass is 35.5. The number of ether oxygens (including phenoxy) is 1. The summed E-state index contributed by atoms with van der Waals surface area (Å²) in [5, 5.41) is 6.54. The Hall–Kier alpha value is -1.82. The third-order valence-electron chi connectivity index (χ3n) is 2.99. The molecule has 0 saturated heterocycles. The van der Waals surface area contributed by atoms with Crippen molar-refractivity contribution < 1.29 is 9.53 Å². The van der Waals surface area contributed by atoms with Crippen LogP contribution in [0.25, 0.3) is 0 Å². The Morgan fingerprint density at radius 3 is 2.54 bits per heavy atom. The average molecular weight is 383 g/mol. The van der Waals surface area contributed by atoms with Gasteiger partial charge in [0.05, 0.1) is 17.3 Å². The lowest BCUT2D eigenvalue weighted by atomic mass is 10.2. The van der Waals surface area contributed by atoms with Crippen LogP contribution in [-0.4, -0.2) is 17.6 Å². The average Bonchev–Trinajstić information content (AvgIpc) is 2.56. The van der Waals surface area contributed by atoms with Gasteiger partial charge in [-0.15, -0.1) is 0 Å². The van der Waals surface area contributed by atoms with Crippen LogP contribution in [0.5, 0.6) is 5.75 Å². The van der Waals surface area contributed by atoms with Crippen molar-refractivity contribution in [3.8, 4) is 5.75 Å². The highest BCUT2D eigenvalue weighted by Gasteiger charge is 2.10. The zero-order valence-corrected chi connectivity index (χ0v) is 15.3. The predicted octanol–water partition coefficient (Wildman–Crippen LogP) is 4.91. The summed E-state index contributed by atoms with van der Waals surface area (Å²) in [4.78, 5) is 12.2. The van der Waals surface area contributed by atoms with E-state index in [2.05, 4.69) is 10.6 Å². The van der Waals surface area contributed by atoms with E-state index in [1.54, 1.807) is 42.5 Å². The molecule has 2 rings (SSSR count).